The van der Waals surface area contributed by atoms with E-state index in [4.69, 9.17) is 5.41 Å². The number of nitrogens with zero attached hydrogens (tertiary/aromatic N) is 2. The number of aromatic nitrogens is 2. The largest absolute Gasteiger partial charge is 0.392 e. The Kier molecular flexibility index (Phi) is 8.92. The minimum absolute atomic E-state index is 0.0362. The van der Waals surface area contributed by atoms with E-state index < -0.39 is 60.7 Å². The van der Waals surface area contributed by atoms with Crippen LogP contribution in [0.3, 0.4) is 0 Å². The molecule has 0 radical (unpaired) electrons. The minimum atomic E-state index is -4.65. The summed E-state index contributed by atoms with van der Waals surface area (Å²) in [4.78, 5) is 13.8. The molecule has 11 heteroatoms. The Morgan fingerprint density at radius 3 is 2.29 bits per heavy atom. The third-order valence-corrected chi connectivity index (χ3v) is 10.7. The molecule has 1 amide bonds. The average Bonchev–Trinajstić information content (AvgIpc) is 3.71. The quantitative estimate of drug-likeness (QED) is 0.361. The first-order valence-electron chi connectivity index (χ1n) is 15.4. The van der Waals surface area contributed by atoms with E-state index >= 15 is 4.39 Å². The molecule has 0 aliphatic heterocycles. The van der Waals surface area contributed by atoms with Gasteiger partial charge in [-0.25, -0.2) is 13.2 Å². The highest BCUT2D eigenvalue weighted by Crippen LogP contribution is 2.51. The molecule has 2 N–H and O–H groups in total. The van der Waals surface area contributed by atoms with Crippen molar-refractivity contribution >= 4 is 5.91 Å². The number of amides is 1. The van der Waals surface area contributed by atoms with Crippen molar-refractivity contribution < 1.29 is 31.1 Å². The SMILES string of the molecule is CC1CC([C@@H](NC(=O)C2CC(Cn3ccn(C)c3=N)CC(C3CCC(F)CC3C(F)(F)F)C2F)C2CC2)CCC1F. The summed E-state index contributed by atoms with van der Waals surface area (Å²) in [6, 6.07) is -0.184. The molecule has 0 aromatic carbocycles. The van der Waals surface area contributed by atoms with Crippen molar-refractivity contribution in [2.24, 2.45) is 54.4 Å². The van der Waals surface area contributed by atoms with Gasteiger partial charge in [-0.15, -0.1) is 0 Å². The van der Waals surface area contributed by atoms with Gasteiger partial charge in [0.2, 0.25) is 11.5 Å². The van der Waals surface area contributed by atoms with Gasteiger partial charge in [0.15, 0.2) is 0 Å². The van der Waals surface area contributed by atoms with Gasteiger partial charge in [0.05, 0.1) is 11.8 Å². The lowest BCUT2D eigenvalue weighted by atomic mass is 9.62. The van der Waals surface area contributed by atoms with Gasteiger partial charge in [0.1, 0.15) is 18.5 Å². The lowest BCUT2D eigenvalue weighted by Gasteiger charge is -2.46. The smallest absolute Gasteiger partial charge is 0.352 e. The summed E-state index contributed by atoms with van der Waals surface area (Å²) in [6.45, 7) is 2.17. The molecule has 4 saturated carbocycles. The summed E-state index contributed by atoms with van der Waals surface area (Å²) in [5.41, 5.74) is 0.211. The van der Waals surface area contributed by atoms with Gasteiger partial charge >= 0.3 is 6.18 Å². The van der Waals surface area contributed by atoms with Crippen LogP contribution in [0, 0.1) is 52.8 Å². The molecule has 4 aliphatic rings. The summed E-state index contributed by atoms with van der Waals surface area (Å²) in [6.07, 6.45) is -2.24. The van der Waals surface area contributed by atoms with Crippen molar-refractivity contribution in [1.29, 1.82) is 5.41 Å². The molecular weight excluding hydrogens is 546 g/mol. The molecule has 5 rings (SSSR count). The summed E-state index contributed by atoms with van der Waals surface area (Å²) in [5.74, 6) is -5.70. The summed E-state index contributed by atoms with van der Waals surface area (Å²) in [5, 5.41) is 11.4. The third-order valence-electron chi connectivity index (χ3n) is 10.7. The minimum Gasteiger partial charge on any atom is -0.352 e. The Hall–Kier alpha value is -1.94. The number of nitrogens with one attached hydrogen (secondary N) is 2. The van der Waals surface area contributed by atoms with E-state index in [-0.39, 0.29) is 61.0 Å². The van der Waals surface area contributed by atoms with Crippen LogP contribution in [0.25, 0.3) is 0 Å². The number of halogens is 6. The van der Waals surface area contributed by atoms with Crippen LogP contribution in [-0.4, -0.2) is 45.8 Å². The average molecular weight is 591 g/mol. The maximum absolute atomic E-state index is 16.4. The molecule has 232 valence electrons. The van der Waals surface area contributed by atoms with Crippen LogP contribution in [0.15, 0.2) is 12.4 Å². The van der Waals surface area contributed by atoms with Gasteiger partial charge in [0.25, 0.3) is 0 Å². The second-order valence-electron chi connectivity index (χ2n) is 13.6. The second-order valence-corrected chi connectivity index (χ2v) is 13.6. The number of rotatable bonds is 7. The maximum atomic E-state index is 16.4. The monoisotopic (exact) mass is 590 g/mol. The first-order valence-corrected chi connectivity index (χ1v) is 15.4. The van der Waals surface area contributed by atoms with Gasteiger partial charge in [-0.3, -0.25) is 10.2 Å². The van der Waals surface area contributed by atoms with Crippen molar-refractivity contribution in [2.45, 2.75) is 108 Å². The summed E-state index contributed by atoms with van der Waals surface area (Å²) >= 11 is 0. The molecule has 4 aliphatic carbocycles. The van der Waals surface area contributed by atoms with Crippen LogP contribution in [0.4, 0.5) is 26.3 Å². The van der Waals surface area contributed by atoms with E-state index in [2.05, 4.69) is 5.32 Å². The van der Waals surface area contributed by atoms with Crippen molar-refractivity contribution in [2.75, 3.05) is 0 Å². The Morgan fingerprint density at radius 1 is 0.976 bits per heavy atom. The number of hydrogen-bond acceptors (Lipinski definition) is 2. The molecule has 11 atom stereocenters. The predicted molar refractivity (Wildman–Crippen MR) is 142 cm³/mol. The molecule has 5 nitrogen and oxygen atoms in total. The van der Waals surface area contributed by atoms with Crippen molar-refractivity contribution in [3.8, 4) is 0 Å². The van der Waals surface area contributed by atoms with Crippen molar-refractivity contribution in [3.05, 3.63) is 18.0 Å². The van der Waals surface area contributed by atoms with Gasteiger partial charge < -0.3 is 14.5 Å². The van der Waals surface area contributed by atoms with Gasteiger partial charge in [-0.1, -0.05) is 6.92 Å². The number of aryl methyl sites for hydroxylation is 1. The molecule has 4 fully saturated rings. The molecular formula is C30H44F6N4O. The zero-order chi connectivity index (χ0) is 29.6. The molecule has 0 spiro atoms. The molecule has 1 heterocycles. The zero-order valence-corrected chi connectivity index (χ0v) is 23.9. The topological polar surface area (TPSA) is 62.8 Å². The number of carbonyl (C=O) groups is 1. The Morgan fingerprint density at radius 2 is 1.68 bits per heavy atom. The fraction of sp³-hybridized carbons (Fsp3) is 0.867. The lowest BCUT2D eigenvalue weighted by molar-refractivity contribution is -0.213. The van der Waals surface area contributed by atoms with E-state index in [9.17, 15) is 26.7 Å². The van der Waals surface area contributed by atoms with Gasteiger partial charge in [-0.05, 0) is 99.7 Å². The van der Waals surface area contributed by atoms with Crippen molar-refractivity contribution in [3.63, 3.8) is 0 Å². The van der Waals surface area contributed by atoms with E-state index in [1.165, 1.54) is 0 Å². The normalized spacial score (nSPS) is 39.3. The molecule has 1 aromatic rings. The molecule has 0 bridgehead atoms. The van der Waals surface area contributed by atoms with E-state index in [1.807, 2.05) is 6.92 Å². The predicted octanol–water partition coefficient (Wildman–Crippen LogP) is 6.27. The highest BCUT2D eigenvalue weighted by molar-refractivity contribution is 5.80. The summed E-state index contributed by atoms with van der Waals surface area (Å²) in [7, 11) is 1.72. The van der Waals surface area contributed by atoms with Crippen LogP contribution in [0.2, 0.25) is 0 Å². The molecule has 1 aromatic heterocycles. The molecule has 10 unspecified atom stereocenters. The second kappa shape index (κ2) is 12.0. The molecule has 0 saturated heterocycles. The number of alkyl halides is 6. The van der Waals surface area contributed by atoms with E-state index in [1.54, 1.807) is 28.6 Å². The fourth-order valence-corrected chi connectivity index (χ4v) is 8.27. The number of carbonyl (C=O) groups excluding carboxylic acids is 1. The molecule has 41 heavy (non-hydrogen) atoms. The van der Waals surface area contributed by atoms with E-state index in [0.29, 0.717) is 25.8 Å². The van der Waals surface area contributed by atoms with Crippen LogP contribution in [0.5, 0.6) is 0 Å². The van der Waals surface area contributed by atoms with Crippen LogP contribution < -0.4 is 10.9 Å². The lowest BCUT2D eigenvalue weighted by Crippen LogP contribution is -2.53. The first kappa shape index (κ1) is 30.5. The standard InChI is InChI=1S/C30H44F6N4O/c1-16-11-19(5-8-25(16)32)27(18-3-4-18)38-28(41)23-13-17(15-40-10-9-39(2)29(40)37)12-22(26(23)33)21-7-6-20(31)14-24(21)30(34,35)36/h9-10,16-27,37H,3-8,11-15H2,1-2H3,(H,38,41)/t16?,17?,19?,20?,21?,22?,23?,24?,25?,26?,27-/m0/s1. The van der Waals surface area contributed by atoms with Crippen LogP contribution in [0.1, 0.15) is 71.1 Å². The Labute approximate surface area is 238 Å². The third kappa shape index (κ3) is 6.68. The highest BCUT2D eigenvalue weighted by Gasteiger charge is 2.55. The highest BCUT2D eigenvalue weighted by atomic mass is 19.4. The van der Waals surface area contributed by atoms with Crippen LogP contribution in [-0.2, 0) is 18.4 Å². The Bertz CT molecular complexity index is 1120. The summed E-state index contributed by atoms with van der Waals surface area (Å²) < 4.78 is 90.4. The maximum Gasteiger partial charge on any atom is 0.392 e. The first-order chi connectivity index (χ1) is 19.3. The van der Waals surface area contributed by atoms with Crippen molar-refractivity contribution in [1.82, 2.24) is 14.5 Å². The van der Waals surface area contributed by atoms with E-state index in [0.717, 1.165) is 12.8 Å². The van der Waals surface area contributed by atoms with Gasteiger partial charge in [-0.2, -0.15) is 13.2 Å². The Balaban J connectivity index is 1.39. The zero-order valence-electron chi connectivity index (χ0n) is 23.9. The van der Waals surface area contributed by atoms with Crippen LogP contribution >= 0.6 is 0 Å². The fourth-order valence-electron chi connectivity index (χ4n) is 8.27. The number of imidazole rings is 1. The van der Waals surface area contributed by atoms with Gasteiger partial charge in [0, 0.05) is 32.0 Å². The number of hydrogen-bond donors (Lipinski definition) is 2.